The zero-order valence-corrected chi connectivity index (χ0v) is 41.0. The molecule has 0 spiro atoms. The number of carbonyl (C=O) groups is 13. The molecule has 71 heavy (non-hydrogen) atoms. The third kappa shape index (κ3) is 26.9. The maximum atomic E-state index is 13.9. The Balaban J connectivity index is 6.75. The molecule has 9 atom stereocenters. The number of carboxylic acid groups (broad SMARTS) is 3. The number of aliphatic hydroxyl groups is 1. The fourth-order valence-corrected chi connectivity index (χ4v) is 6.65. The molecule has 0 aromatic rings. The first kappa shape index (κ1) is 64.5. The number of hydrogen-bond acceptors (Lipinski definition) is 17. The Labute approximate surface area is 414 Å². The van der Waals surface area contributed by atoms with Crippen molar-refractivity contribution in [1.82, 2.24) is 42.5 Å². The highest BCUT2D eigenvalue weighted by Gasteiger charge is 2.35. The number of hydrogen-bond donors (Lipinski definition) is 15. The largest absolute Gasteiger partial charge is 0.481 e. The first-order valence-electron chi connectivity index (χ1n) is 22.7. The van der Waals surface area contributed by atoms with Crippen LogP contribution in [-0.4, -0.2) is 177 Å². The van der Waals surface area contributed by atoms with E-state index in [4.69, 9.17) is 17.2 Å². The number of nitrogens with two attached hydrogens (primary N) is 3. The predicted octanol–water partition coefficient (Wildman–Crippen LogP) is -5.20. The van der Waals surface area contributed by atoms with Crippen molar-refractivity contribution in [3.05, 3.63) is 0 Å². The van der Waals surface area contributed by atoms with Gasteiger partial charge in [0.15, 0.2) is 0 Å². The minimum Gasteiger partial charge on any atom is -0.481 e. The van der Waals surface area contributed by atoms with Gasteiger partial charge in [-0.1, -0.05) is 13.8 Å². The molecule has 0 saturated heterocycles. The van der Waals surface area contributed by atoms with Crippen molar-refractivity contribution >= 4 is 89.1 Å². The lowest BCUT2D eigenvalue weighted by molar-refractivity contribution is -0.140. The minimum atomic E-state index is -1.83. The first-order valence-corrected chi connectivity index (χ1v) is 24.1. The smallest absolute Gasteiger partial charge is 0.303 e. The van der Waals surface area contributed by atoms with Gasteiger partial charge in [-0.3, -0.25) is 57.5 Å². The Bertz CT molecular complexity index is 1860. The van der Waals surface area contributed by atoms with Gasteiger partial charge in [-0.15, -0.1) is 0 Å². The topological polar surface area (TPSA) is 477 Å². The van der Waals surface area contributed by atoms with E-state index in [0.29, 0.717) is 19.1 Å². The number of carboxylic acids is 3. The van der Waals surface area contributed by atoms with E-state index < -0.39 is 183 Å². The van der Waals surface area contributed by atoms with Crippen LogP contribution in [0.1, 0.15) is 97.8 Å². The van der Waals surface area contributed by atoms with Crippen LogP contribution in [0.4, 0.5) is 0 Å². The minimum absolute atomic E-state index is 0.0116. The lowest BCUT2D eigenvalue weighted by atomic mass is 10.0. The van der Waals surface area contributed by atoms with Crippen LogP contribution in [0.3, 0.4) is 0 Å². The number of rotatable bonds is 38. The Hall–Kier alpha value is -6.46. The van der Waals surface area contributed by atoms with E-state index in [0.717, 1.165) is 0 Å². The maximum Gasteiger partial charge on any atom is 0.303 e. The predicted molar refractivity (Wildman–Crippen MR) is 252 cm³/mol. The van der Waals surface area contributed by atoms with Crippen molar-refractivity contribution in [3.63, 3.8) is 0 Å². The van der Waals surface area contributed by atoms with Crippen LogP contribution in [0, 0.1) is 5.92 Å². The van der Waals surface area contributed by atoms with E-state index in [9.17, 15) is 82.8 Å². The molecule has 0 heterocycles. The SMILES string of the molecule is CSCC[C@H](NC(=O)[C@H](CCC(N)=O)NC(=O)[C@H](CCCCN)NC(=O)[C@@H](N)CO)C(=O)N[C@@H](CCC(=O)O)C(=O)N[C@@H](CCC(=O)O)C(=O)N[C@@H](CCC(=O)O)C(=O)N[C@@H](C)C(=O)N[C@H](C=O)C(C)C. The summed E-state index contributed by atoms with van der Waals surface area (Å²) in [6.07, 6.45) is -2.15. The van der Waals surface area contributed by atoms with Gasteiger partial charge in [0, 0.05) is 25.7 Å². The molecular formula is C42H71N11O17S. The number of aldehydes is 1. The van der Waals surface area contributed by atoms with Crippen LogP contribution >= 0.6 is 11.8 Å². The van der Waals surface area contributed by atoms with E-state index in [1.807, 2.05) is 0 Å². The number of primary amides is 1. The van der Waals surface area contributed by atoms with Gasteiger partial charge in [-0.2, -0.15) is 11.8 Å². The van der Waals surface area contributed by atoms with E-state index in [2.05, 4.69) is 42.5 Å². The molecule has 0 fully saturated rings. The number of aliphatic hydroxyl groups excluding tert-OH is 1. The van der Waals surface area contributed by atoms with Crippen molar-refractivity contribution in [2.24, 2.45) is 23.1 Å². The van der Waals surface area contributed by atoms with Gasteiger partial charge in [0.25, 0.3) is 0 Å². The van der Waals surface area contributed by atoms with Crippen molar-refractivity contribution in [2.45, 2.75) is 152 Å². The molecule has 0 unspecified atom stereocenters. The summed E-state index contributed by atoms with van der Waals surface area (Å²) in [6, 6.07) is -13.4. The molecule has 0 aliphatic carbocycles. The molecule has 0 aliphatic heterocycles. The molecule has 0 rings (SSSR count). The maximum absolute atomic E-state index is 13.9. The Morgan fingerprint density at radius 3 is 1.18 bits per heavy atom. The number of unbranched alkanes of at least 4 members (excludes halogenated alkanes) is 1. The van der Waals surface area contributed by atoms with E-state index in [-0.39, 0.29) is 31.1 Å². The highest BCUT2D eigenvalue weighted by Crippen LogP contribution is 2.10. The normalized spacial score (nSPS) is 14.8. The molecular weight excluding hydrogens is 963 g/mol. The lowest BCUT2D eigenvalue weighted by Gasteiger charge is -2.28. The summed E-state index contributed by atoms with van der Waals surface area (Å²) in [5.74, 6) is -13.5. The van der Waals surface area contributed by atoms with Crippen LogP contribution < -0.4 is 59.7 Å². The third-order valence-corrected chi connectivity index (χ3v) is 11.1. The van der Waals surface area contributed by atoms with Gasteiger partial charge in [-0.25, -0.2) is 0 Å². The van der Waals surface area contributed by atoms with Crippen LogP contribution in [-0.2, 0) is 62.3 Å². The second-order valence-electron chi connectivity index (χ2n) is 16.7. The standard InChI is InChI=1S/C42H71N11O17S/c1-21(2)30(20-55)53-35(63)22(3)46-37(65)26(9-13-32(57)58)49-40(68)27(10-14-33(59)60)50-41(69)28(11-15-34(61)62)51-42(70)29(16-18-71-4)52-39(67)25(8-12-31(45)56)48-38(66)24(7-5-6-17-43)47-36(64)23(44)19-54/h20-30,54H,5-19,43-44H2,1-4H3,(H2,45,56)(H,46,65)(H,47,64)(H,48,66)(H,49,68)(H,50,69)(H,51,70)(H,52,67)(H,53,63)(H,57,58)(H,59,60)(H,61,62)/t22-,23-,24-,25-,26-,27-,28-,29-,30+/m0/s1. The van der Waals surface area contributed by atoms with Gasteiger partial charge in [0.1, 0.15) is 54.6 Å². The van der Waals surface area contributed by atoms with Gasteiger partial charge in [0.2, 0.25) is 53.2 Å². The highest BCUT2D eigenvalue weighted by atomic mass is 32.2. The van der Waals surface area contributed by atoms with Crippen molar-refractivity contribution < 1.29 is 82.8 Å². The van der Waals surface area contributed by atoms with Crippen LogP contribution in [0.25, 0.3) is 0 Å². The molecule has 29 heteroatoms. The summed E-state index contributed by atoms with van der Waals surface area (Å²) in [4.78, 5) is 166. The van der Waals surface area contributed by atoms with E-state index >= 15 is 0 Å². The first-order chi connectivity index (χ1) is 33.3. The number of thioether (sulfide) groups is 1. The molecule has 0 saturated carbocycles. The van der Waals surface area contributed by atoms with Crippen LogP contribution in [0.15, 0.2) is 0 Å². The average molecular weight is 1030 g/mol. The van der Waals surface area contributed by atoms with Crippen LogP contribution in [0.5, 0.6) is 0 Å². The molecule has 0 aromatic carbocycles. The zero-order valence-electron chi connectivity index (χ0n) is 40.2. The lowest BCUT2D eigenvalue weighted by Crippen LogP contribution is -2.60. The second-order valence-corrected chi connectivity index (χ2v) is 17.7. The number of aliphatic carboxylic acids is 3. The number of nitrogens with one attached hydrogen (secondary N) is 8. The highest BCUT2D eigenvalue weighted by molar-refractivity contribution is 7.98. The van der Waals surface area contributed by atoms with E-state index in [1.54, 1.807) is 20.1 Å². The monoisotopic (exact) mass is 1030 g/mol. The molecule has 0 bridgehead atoms. The fourth-order valence-electron chi connectivity index (χ4n) is 6.18. The zero-order chi connectivity index (χ0) is 54.4. The van der Waals surface area contributed by atoms with Crippen molar-refractivity contribution in [3.8, 4) is 0 Å². The molecule has 28 nitrogen and oxygen atoms in total. The van der Waals surface area contributed by atoms with Gasteiger partial charge in [0.05, 0.1) is 12.6 Å². The fraction of sp³-hybridized carbons (Fsp3) is 0.690. The molecule has 0 aromatic heterocycles. The number of amides is 9. The molecule has 0 aliphatic rings. The van der Waals surface area contributed by atoms with Gasteiger partial charge < -0.3 is 85.0 Å². The second kappa shape index (κ2) is 34.8. The Morgan fingerprint density at radius 2 is 0.859 bits per heavy atom. The summed E-state index contributed by atoms with van der Waals surface area (Å²) in [5.41, 5.74) is 16.5. The molecule has 18 N–H and O–H groups in total. The third-order valence-electron chi connectivity index (χ3n) is 10.4. The quantitative estimate of drug-likeness (QED) is 0.0203. The summed E-state index contributed by atoms with van der Waals surface area (Å²) in [6.45, 7) is 4.03. The van der Waals surface area contributed by atoms with Gasteiger partial charge >= 0.3 is 17.9 Å². The van der Waals surface area contributed by atoms with Crippen molar-refractivity contribution in [1.29, 1.82) is 0 Å². The Kier molecular flexibility index (Phi) is 31.6. The summed E-state index contributed by atoms with van der Waals surface area (Å²) in [5, 5.41) is 56.4. The summed E-state index contributed by atoms with van der Waals surface area (Å²) >= 11 is 1.23. The van der Waals surface area contributed by atoms with Crippen LogP contribution in [0.2, 0.25) is 0 Å². The van der Waals surface area contributed by atoms with E-state index in [1.165, 1.54) is 18.7 Å². The number of carbonyl (C=O) groups excluding carboxylic acids is 10. The van der Waals surface area contributed by atoms with Gasteiger partial charge in [-0.05, 0) is 82.8 Å². The molecule has 9 amide bonds. The summed E-state index contributed by atoms with van der Waals surface area (Å²) in [7, 11) is 0. The average Bonchev–Trinajstić information content (AvgIpc) is 3.30. The molecule has 402 valence electrons. The Morgan fingerprint density at radius 1 is 0.507 bits per heavy atom. The molecule has 0 radical (unpaired) electrons. The summed E-state index contributed by atoms with van der Waals surface area (Å²) < 4.78 is 0. The van der Waals surface area contributed by atoms with Crippen molar-refractivity contribution in [2.75, 3.05) is 25.2 Å².